The summed E-state index contributed by atoms with van der Waals surface area (Å²) in [5.41, 5.74) is 0. The Labute approximate surface area is 57.8 Å². The van der Waals surface area contributed by atoms with Crippen molar-refractivity contribution in [1.82, 2.24) is 5.32 Å². The van der Waals surface area contributed by atoms with E-state index >= 15 is 0 Å². The second-order valence-electron chi connectivity index (χ2n) is 3.20. The monoisotopic (exact) mass is 127 g/mol. The normalized spacial score (nSPS) is 41.0. The van der Waals surface area contributed by atoms with E-state index in [2.05, 4.69) is 26.1 Å². The molecule has 1 saturated carbocycles. The van der Waals surface area contributed by atoms with Gasteiger partial charge in [-0.05, 0) is 24.8 Å². The van der Waals surface area contributed by atoms with Gasteiger partial charge in [0.1, 0.15) is 0 Å². The number of hydrogen-bond donors (Lipinski definition) is 1. The van der Waals surface area contributed by atoms with Gasteiger partial charge in [-0.3, -0.25) is 0 Å². The van der Waals surface area contributed by atoms with Crippen molar-refractivity contribution < 1.29 is 0 Å². The van der Waals surface area contributed by atoms with Crippen LogP contribution >= 0.6 is 0 Å². The maximum atomic E-state index is 3.51. The van der Waals surface area contributed by atoms with E-state index in [1.165, 1.54) is 13.0 Å². The predicted octanol–water partition coefficient (Wildman–Crippen LogP) is 1.64. The molecule has 0 radical (unpaired) electrons. The van der Waals surface area contributed by atoms with Crippen LogP contribution < -0.4 is 5.32 Å². The third-order valence-corrected chi connectivity index (χ3v) is 2.45. The molecule has 1 fully saturated rings. The Balaban J connectivity index is 2.04. The predicted molar refractivity (Wildman–Crippen MR) is 40.4 cm³/mol. The first-order valence-electron chi connectivity index (χ1n) is 4.00. The van der Waals surface area contributed by atoms with E-state index in [1.54, 1.807) is 0 Å². The highest BCUT2D eigenvalue weighted by molar-refractivity contribution is 4.97. The smallest absolute Gasteiger partial charge is 0.0125 e. The molecule has 0 aliphatic heterocycles. The van der Waals surface area contributed by atoms with Gasteiger partial charge >= 0.3 is 0 Å². The first kappa shape index (κ1) is 7.07. The van der Waals surface area contributed by atoms with Gasteiger partial charge in [0.05, 0.1) is 0 Å². The summed E-state index contributed by atoms with van der Waals surface area (Å²) in [5.74, 6) is 1.85. The van der Waals surface area contributed by atoms with Gasteiger partial charge in [-0.2, -0.15) is 0 Å². The average Bonchev–Trinajstić information content (AvgIpc) is 2.39. The van der Waals surface area contributed by atoms with E-state index in [0.29, 0.717) is 0 Å². The molecule has 1 heteroatoms. The topological polar surface area (TPSA) is 12.0 Å². The number of rotatable bonds is 3. The summed E-state index contributed by atoms with van der Waals surface area (Å²) in [6, 6.07) is 0.838. The van der Waals surface area contributed by atoms with Crippen molar-refractivity contribution in [3.63, 3.8) is 0 Å². The van der Waals surface area contributed by atoms with Gasteiger partial charge in [0.2, 0.25) is 0 Å². The van der Waals surface area contributed by atoms with Crippen LogP contribution in [0.3, 0.4) is 0 Å². The van der Waals surface area contributed by atoms with E-state index in [9.17, 15) is 0 Å². The third kappa shape index (κ3) is 1.45. The van der Waals surface area contributed by atoms with Crippen LogP contribution in [-0.4, -0.2) is 12.6 Å². The Morgan fingerprint density at radius 3 is 2.11 bits per heavy atom. The van der Waals surface area contributed by atoms with E-state index in [-0.39, 0.29) is 0 Å². The van der Waals surface area contributed by atoms with E-state index in [1.807, 2.05) is 0 Å². The Morgan fingerprint density at radius 1 is 1.22 bits per heavy atom. The van der Waals surface area contributed by atoms with Gasteiger partial charge in [-0.25, -0.2) is 0 Å². The molecule has 0 heterocycles. The van der Waals surface area contributed by atoms with Gasteiger partial charge in [0.25, 0.3) is 0 Å². The van der Waals surface area contributed by atoms with Crippen LogP contribution in [0.15, 0.2) is 0 Å². The molecule has 0 bridgehead atoms. The van der Waals surface area contributed by atoms with Crippen molar-refractivity contribution >= 4 is 0 Å². The fourth-order valence-electron chi connectivity index (χ4n) is 1.35. The zero-order valence-electron chi connectivity index (χ0n) is 6.65. The molecule has 1 aliphatic rings. The Morgan fingerprint density at radius 2 is 1.78 bits per heavy atom. The minimum absolute atomic E-state index is 0.838. The second kappa shape index (κ2) is 2.70. The molecule has 1 rings (SSSR count). The van der Waals surface area contributed by atoms with Crippen molar-refractivity contribution in [1.29, 1.82) is 0 Å². The summed E-state index contributed by atoms with van der Waals surface area (Å²) < 4.78 is 0. The minimum Gasteiger partial charge on any atom is -0.313 e. The average molecular weight is 127 g/mol. The van der Waals surface area contributed by atoms with Crippen LogP contribution in [0, 0.1) is 11.8 Å². The van der Waals surface area contributed by atoms with Crippen LogP contribution in [0.2, 0.25) is 0 Å². The van der Waals surface area contributed by atoms with Gasteiger partial charge in [-0.1, -0.05) is 20.8 Å². The largest absolute Gasteiger partial charge is 0.313 e. The van der Waals surface area contributed by atoms with Crippen LogP contribution in [0.4, 0.5) is 0 Å². The molecule has 1 aliphatic carbocycles. The Hall–Kier alpha value is -0.0400. The van der Waals surface area contributed by atoms with Crippen LogP contribution in [0.25, 0.3) is 0 Å². The lowest BCUT2D eigenvalue weighted by molar-refractivity contribution is 0.630. The Kier molecular flexibility index (Phi) is 2.12. The van der Waals surface area contributed by atoms with E-state index in [4.69, 9.17) is 0 Å². The molecule has 0 amide bonds. The van der Waals surface area contributed by atoms with Crippen molar-refractivity contribution in [3.05, 3.63) is 0 Å². The summed E-state index contributed by atoms with van der Waals surface area (Å²) in [6.45, 7) is 8.04. The summed E-state index contributed by atoms with van der Waals surface area (Å²) in [6.07, 6.45) is 1.26. The molecule has 0 aromatic rings. The van der Waals surface area contributed by atoms with Crippen LogP contribution in [0.5, 0.6) is 0 Å². The van der Waals surface area contributed by atoms with E-state index in [0.717, 1.165) is 17.9 Å². The molecule has 2 unspecified atom stereocenters. The molecule has 54 valence electrons. The molecular formula is C8H17N. The zero-order valence-corrected chi connectivity index (χ0v) is 6.65. The maximum Gasteiger partial charge on any atom is 0.0125 e. The molecule has 2 atom stereocenters. The zero-order chi connectivity index (χ0) is 6.85. The van der Waals surface area contributed by atoms with E-state index < -0.39 is 0 Å². The van der Waals surface area contributed by atoms with Gasteiger partial charge in [-0.15, -0.1) is 0 Å². The van der Waals surface area contributed by atoms with Crippen molar-refractivity contribution in [2.24, 2.45) is 11.8 Å². The lowest BCUT2D eigenvalue weighted by Crippen LogP contribution is -2.19. The lowest BCUT2D eigenvalue weighted by Gasteiger charge is -1.97. The molecule has 0 aromatic heterocycles. The summed E-state index contributed by atoms with van der Waals surface area (Å²) in [7, 11) is 0. The number of nitrogens with one attached hydrogen (secondary N) is 1. The SMILES string of the molecule is CCCNC1C(C)C1C. The fourth-order valence-corrected chi connectivity index (χ4v) is 1.35. The summed E-state index contributed by atoms with van der Waals surface area (Å²) in [4.78, 5) is 0. The maximum absolute atomic E-state index is 3.51. The van der Waals surface area contributed by atoms with Crippen LogP contribution in [0.1, 0.15) is 27.2 Å². The minimum atomic E-state index is 0.838. The lowest BCUT2D eigenvalue weighted by atomic mass is 10.4. The fraction of sp³-hybridized carbons (Fsp3) is 1.00. The second-order valence-corrected chi connectivity index (χ2v) is 3.20. The van der Waals surface area contributed by atoms with Gasteiger partial charge in [0.15, 0.2) is 0 Å². The standard InChI is InChI=1S/C8H17N/c1-4-5-9-8-6(2)7(8)3/h6-9H,4-5H2,1-3H3. The molecule has 0 aromatic carbocycles. The van der Waals surface area contributed by atoms with Crippen molar-refractivity contribution in [2.75, 3.05) is 6.54 Å². The first-order valence-corrected chi connectivity index (χ1v) is 4.00. The molecule has 1 N–H and O–H groups in total. The molecule has 0 saturated heterocycles. The highest BCUT2D eigenvalue weighted by atomic mass is 15.0. The third-order valence-electron chi connectivity index (χ3n) is 2.45. The van der Waals surface area contributed by atoms with Crippen molar-refractivity contribution in [2.45, 2.75) is 33.2 Å². The summed E-state index contributed by atoms with van der Waals surface area (Å²) >= 11 is 0. The molecule has 9 heavy (non-hydrogen) atoms. The molecule has 1 nitrogen and oxygen atoms in total. The van der Waals surface area contributed by atoms with Gasteiger partial charge < -0.3 is 5.32 Å². The highest BCUT2D eigenvalue weighted by Crippen LogP contribution is 2.37. The molecule has 0 spiro atoms. The summed E-state index contributed by atoms with van der Waals surface area (Å²) in [5, 5.41) is 3.51. The Bertz CT molecular complexity index is 82.6. The molecular weight excluding hydrogens is 110 g/mol. The van der Waals surface area contributed by atoms with Crippen LogP contribution in [-0.2, 0) is 0 Å². The van der Waals surface area contributed by atoms with Crippen molar-refractivity contribution in [3.8, 4) is 0 Å². The van der Waals surface area contributed by atoms with Gasteiger partial charge in [0, 0.05) is 6.04 Å². The first-order chi connectivity index (χ1) is 4.27. The highest BCUT2D eigenvalue weighted by Gasteiger charge is 2.41. The number of hydrogen-bond acceptors (Lipinski definition) is 1. The quantitative estimate of drug-likeness (QED) is 0.607.